The molecule has 5 rings (SSSR count). The Morgan fingerprint density at radius 3 is 2.59 bits per heavy atom. The Morgan fingerprint density at radius 1 is 1.11 bits per heavy atom. The summed E-state index contributed by atoms with van der Waals surface area (Å²) in [5.41, 5.74) is 2.81. The lowest BCUT2D eigenvalue weighted by molar-refractivity contribution is -0.0533. The van der Waals surface area contributed by atoms with E-state index < -0.39 is 0 Å². The average Bonchev–Trinajstić information content (AvgIpc) is 2.90. The molecule has 0 spiro atoms. The summed E-state index contributed by atoms with van der Waals surface area (Å²) >= 11 is 0. The summed E-state index contributed by atoms with van der Waals surface area (Å²) in [5.74, 6) is 2.72. The number of anilines is 1. The third-order valence-corrected chi connectivity index (χ3v) is 8.36. The van der Waals surface area contributed by atoms with Crippen LogP contribution in [0.3, 0.4) is 0 Å². The van der Waals surface area contributed by atoms with Crippen molar-refractivity contribution in [2.75, 3.05) is 45.3 Å². The van der Waals surface area contributed by atoms with Gasteiger partial charge < -0.3 is 25.0 Å². The second kappa shape index (κ2) is 11.9. The van der Waals surface area contributed by atoms with Crippen LogP contribution in [0.2, 0.25) is 0 Å². The minimum absolute atomic E-state index is 0.0121. The summed E-state index contributed by atoms with van der Waals surface area (Å²) in [5, 5.41) is 7.30. The van der Waals surface area contributed by atoms with Crippen LogP contribution in [0.4, 0.5) is 5.82 Å². The molecule has 2 aliphatic heterocycles. The minimum Gasteiger partial charge on any atom is -0.379 e. The molecule has 1 aromatic carbocycles. The molecule has 0 bridgehead atoms. The Kier molecular flexibility index (Phi) is 8.37. The number of ether oxygens (including phenoxy) is 2. The lowest BCUT2D eigenvalue weighted by Gasteiger charge is -2.38. The summed E-state index contributed by atoms with van der Waals surface area (Å²) in [6.45, 7) is 7.57. The van der Waals surface area contributed by atoms with Gasteiger partial charge in [-0.25, -0.2) is 9.97 Å². The van der Waals surface area contributed by atoms with Crippen LogP contribution in [0.5, 0.6) is 0 Å². The first kappa shape index (κ1) is 26.1. The van der Waals surface area contributed by atoms with E-state index >= 15 is 0 Å². The van der Waals surface area contributed by atoms with E-state index in [1.54, 1.807) is 7.11 Å². The van der Waals surface area contributed by atoms with Gasteiger partial charge in [0, 0.05) is 51.0 Å². The molecule has 37 heavy (non-hydrogen) atoms. The molecule has 1 aliphatic carbocycles. The summed E-state index contributed by atoms with van der Waals surface area (Å²) < 4.78 is 11.1. The van der Waals surface area contributed by atoms with Gasteiger partial charge in [0.15, 0.2) is 0 Å². The van der Waals surface area contributed by atoms with Crippen molar-refractivity contribution < 1.29 is 14.3 Å². The second-order valence-electron chi connectivity index (χ2n) is 10.9. The Balaban J connectivity index is 1.14. The molecule has 3 fully saturated rings. The number of methoxy groups -OCH3 is 1. The van der Waals surface area contributed by atoms with Gasteiger partial charge in [0.1, 0.15) is 17.3 Å². The van der Waals surface area contributed by atoms with Crippen molar-refractivity contribution in [1.29, 1.82) is 0 Å². The van der Waals surface area contributed by atoms with Gasteiger partial charge in [0.25, 0.3) is 5.91 Å². The second-order valence-corrected chi connectivity index (χ2v) is 10.9. The van der Waals surface area contributed by atoms with E-state index in [0.29, 0.717) is 42.0 Å². The highest BCUT2D eigenvalue weighted by Gasteiger charge is 2.32. The van der Waals surface area contributed by atoms with Gasteiger partial charge in [0.05, 0.1) is 12.7 Å². The molecular formula is C29H41N5O3. The molecule has 2 atom stereocenters. The van der Waals surface area contributed by atoms with Crippen molar-refractivity contribution in [2.45, 2.75) is 70.1 Å². The van der Waals surface area contributed by atoms with E-state index in [1.165, 1.54) is 18.4 Å². The van der Waals surface area contributed by atoms with Crippen molar-refractivity contribution in [3.63, 3.8) is 0 Å². The third kappa shape index (κ3) is 6.13. The maximum atomic E-state index is 13.5. The van der Waals surface area contributed by atoms with Crippen LogP contribution in [0.1, 0.15) is 65.5 Å². The van der Waals surface area contributed by atoms with Gasteiger partial charge in [-0.3, -0.25) is 4.79 Å². The van der Waals surface area contributed by atoms with E-state index in [4.69, 9.17) is 9.47 Å². The number of hydrogen-bond acceptors (Lipinski definition) is 7. The van der Waals surface area contributed by atoms with Crippen LogP contribution >= 0.6 is 0 Å². The Hall–Kier alpha value is -2.55. The van der Waals surface area contributed by atoms with Crippen LogP contribution in [0, 0.1) is 19.8 Å². The lowest BCUT2D eigenvalue weighted by Crippen LogP contribution is -2.54. The molecule has 8 heteroatoms. The summed E-state index contributed by atoms with van der Waals surface area (Å²) in [6.07, 6.45) is 5.29. The van der Waals surface area contributed by atoms with E-state index in [1.807, 2.05) is 18.7 Å². The van der Waals surface area contributed by atoms with Gasteiger partial charge in [0.2, 0.25) is 0 Å². The molecular weight excluding hydrogens is 466 g/mol. The number of carbonyl (C=O) groups excluding carboxylic acids is 1. The number of nitrogens with zero attached hydrogens (tertiary/aromatic N) is 3. The van der Waals surface area contributed by atoms with Crippen molar-refractivity contribution in [3.8, 4) is 0 Å². The fraction of sp³-hybridized carbons (Fsp3) is 0.621. The zero-order chi connectivity index (χ0) is 25.8. The summed E-state index contributed by atoms with van der Waals surface area (Å²) in [6, 6.07) is 11.5. The number of carbonyl (C=O) groups is 1. The number of hydrogen-bond donors (Lipinski definition) is 2. The zero-order valence-electron chi connectivity index (χ0n) is 22.4. The molecule has 0 radical (unpaired) electrons. The predicted molar refractivity (Wildman–Crippen MR) is 144 cm³/mol. The number of nitrogens with one attached hydrogen (secondary N) is 2. The van der Waals surface area contributed by atoms with Crippen molar-refractivity contribution in [1.82, 2.24) is 20.2 Å². The quantitative estimate of drug-likeness (QED) is 0.563. The van der Waals surface area contributed by atoms with Gasteiger partial charge in [-0.05, 0) is 63.4 Å². The minimum atomic E-state index is 0.0121. The highest BCUT2D eigenvalue weighted by molar-refractivity contribution is 5.94. The Morgan fingerprint density at radius 2 is 1.86 bits per heavy atom. The van der Waals surface area contributed by atoms with Gasteiger partial charge in [-0.15, -0.1) is 0 Å². The van der Waals surface area contributed by atoms with Gasteiger partial charge in [-0.2, -0.15) is 0 Å². The van der Waals surface area contributed by atoms with Crippen LogP contribution in [0.25, 0.3) is 0 Å². The number of rotatable bonds is 8. The molecule has 1 amide bonds. The largest absolute Gasteiger partial charge is 0.379 e. The average molecular weight is 508 g/mol. The molecule has 1 aromatic heterocycles. The van der Waals surface area contributed by atoms with Gasteiger partial charge >= 0.3 is 0 Å². The molecule has 1 saturated carbocycles. The highest BCUT2D eigenvalue weighted by atomic mass is 16.5. The topological polar surface area (TPSA) is 88.6 Å². The van der Waals surface area contributed by atoms with E-state index in [0.717, 1.165) is 56.9 Å². The van der Waals surface area contributed by atoms with Crippen molar-refractivity contribution in [3.05, 3.63) is 53.0 Å². The standard InChI is InChI=1S/C29H41N5O3/c1-19-27(29(35)34-12-9-24(10-13-34)33-25-11-14-37-18-26(25)36-3)31-20(2)32-28(19)30-17-21-15-23(16-21)22-7-5-4-6-8-22/h4-8,21,23-26,33H,9-18H2,1-3H3,(H,30,31,32)/t21?,23?,25-,26+/m1/s1. The summed E-state index contributed by atoms with van der Waals surface area (Å²) in [7, 11) is 1.75. The molecule has 2 N–H and O–H groups in total. The highest BCUT2D eigenvalue weighted by Crippen LogP contribution is 2.41. The van der Waals surface area contributed by atoms with Crippen LogP contribution in [-0.4, -0.2) is 78.9 Å². The third-order valence-electron chi connectivity index (χ3n) is 8.36. The fourth-order valence-corrected chi connectivity index (χ4v) is 5.99. The number of aromatic nitrogens is 2. The molecule has 8 nitrogen and oxygen atoms in total. The monoisotopic (exact) mass is 507 g/mol. The number of aryl methyl sites for hydroxylation is 1. The number of benzene rings is 1. The Labute approximate surface area is 220 Å². The lowest BCUT2D eigenvalue weighted by atomic mass is 9.71. The molecule has 2 aromatic rings. The van der Waals surface area contributed by atoms with Crippen LogP contribution in [-0.2, 0) is 9.47 Å². The van der Waals surface area contributed by atoms with E-state index in [2.05, 4.69) is 50.9 Å². The van der Waals surface area contributed by atoms with E-state index in [9.17, 15) is 4.79 Å². The van der Waals surface area contributed by atoms with Crippen molar-refractivity contribution >= 4 is 11.7 Å². The smallest absolute Gasteiger partial charge is 0.272 e. The first-order chi connectivity index (χ1) is 18.0. The Bertz CT molecular complexity index is 1050. The fourth-order valence-electron chi connectivity index (χ4n) is 5.99. The predicted octanol–water partition coefficient (Wildman–Crippen LogP) is 3.70. The molecule has 3 aliphatic rings. The first-order valence-electron chi connectivity index (χ1n) is 13.8. The molecule has 3 heterocycles. The van der Waals surface area contributed by atoms with E-state index in [-0.39, 0.29) is 12.0 Å². The number of likely N-dealkylation sites (tertiary alicyclic amines) is 1. The molecule has 200 valence electrons. The molecule has 2 saturated heterocycles. The van der Waals surface area contributed by atoms with Crippen LogP contribution < -0.4 is 10.6 Å². The molecule has 0 unspecified atom stereocenters. The number of amides is 1. The maximum absolute atomic E-state index is 13.5. The zero-order valence-corrected chi connectivity index (χ0v) is 22.4. The normalized spacial score (nSPS) is 26.5. The number of piperidine rings is 1. The maximum Gasteiger partial charge on any atom is 0.272 e. The SMILES string of the molecule is CO[C@H]1COCC[C@H]1NC1CCN(C(=O)c2nc(C)nc(NCC3CC(c4ccccc4)C3)c2C)CC1. The van der Waals surface area contributed by atoms with Crippen LogP contribution in [0.15, 0.2) is 30.3 Å². The van der Waals surface area contributed by atoms with Gasteiger partial charge in [-0.1, -0.05) is 30.3 Å². The summed E-state index contributed by atoms with van der Waals surface area (Å²) in [4.78, 5) is 24.6. The van der Waals surface area contributed by atoms with Crippen molar-refractivity contribution in [2.24, 2.45) is 5.92 Å². The first-order valence-corrected chi connectivity index (χ1v) is 13.8.